The summed E-state index contributed by atoms with van der Waals surface area (Å²) in [5, 5.41) is 3.00. The Hall–Kier alpha value is -3.75. The summed E-state index contributed by atoms with van der Waals surface area (Å²) in [7, 11) is 0. The number of hydrogen-bond donors (Lipinski definition) is 2. The maximum atomic E-state index is 14.1. The molecule has 1 saturated carbocycles. The minimum atomic E-state index is -1.07. The molecule has 3 N–H and O–H groups in total. The number of para-hydroxylation sites is 1. The Morgan fingerprint density at radius 3 is 2.03 bits per heavy atom. The van der Waals surface area contributed by atoms with Crippen LogP contribution in [0.3, 0.4) is 0 Å². The maximum absolute atomic E-state index is 14.1. The smallest absolute Gasteiger partial charge is 0.332 e. The molecule has 8 nitrogen and oxygen atoms in total. The molecule has 2 aliphatic rings. The van der Waals surface area contributed by atoms with Gasteiger partial charge in [-0.15, -0.1) is 0 Å². The molecule has 2 aromatic rings. The number of hydrogen-bond acceptors (Lipinski definition) is 4. The van der Waals surface area contributed by atoms with Gasteiger partial charge >= 0.3 is 6.03 Å². The van der Waals surface area contributed by atoms with Gasteiger partial charge in [0.05, 0.1) is 0 Å². The fourth-order valence-electron chi connectivity index (χ4n) is 5.44. The first-order valence-electron chi connectivity index (χ1n) is 13.5. The summed E-state index contributed by atoms with van der Waals surface area (Å²) >= 11 is 0. The van der Waals surface area contributed by atoms with Crippen molar-refractivity contribution in [1.29, 1.82) is 0 Å². The molecule has 2 fully saturated rings. The van der Waals surface area contributed by atoms with Crippen LogP contribution in [-0.2, 0) is 14.4 Å². The van der Waals surface area contributed by atoms with E-state index in [0.717, 1.165) is 41.0 Å². The van der Waals surface area contributed by atoms with Gasteiger partial charge in [0.15, 0.2) is 0 Å². The number of carbonyl (C=O) groups excluding carboxylic acids is 4. The van der Waals surface area contributed by atoms with Gasteiger partial charge in [-0.2, -0.15) is 0 Å². The summed E-state index contributed by atoms with van der Waals surface area (Å²) < 4.78 is 14.1. The third-order valence-electron chi connectivity index (χ3n) is 7.18. The van der Waals surface area contributed by atoms with E-state index in [1.54, 1.807) is 6.07 Å². The Balaban J connectivity index is 0.000000983. The summed E-state index contributed by atoms with van der Waals surface area (Å²) in [6.45, 7) is 9.17. The molecular weight excluding hydrogens is 499 g/mol. The number of urea groups is 1. The van der Waals surface area contributed by atoms with Gasteiger partial charge in [0.2, 0.25) is 11.8 Å². The summed E-state index contributed by atoms with van der Waals surface area (Å²) in [5.74, 6) is -1.23. The highest BCUT2D eigenvalue weighted by Crippen LogP contribution is 2.43. The van der Waals surface area contributed by atoms with Crippen molar-refractivity contribution in [2.75, 3.05) is 16.8 Å². The zero-order valence-corrected chi connectivity index (χ0v) is 23.4. The quantitative estimate of drug-likeness (QED) is 0.461. The number of imide groups is 1. The monoisotopic (exact) mass is 538 g/mol. The van der Waals surface area contributed by atoms with Crippen LogP contribution >= 0.6 is 0 Å². The van der Waals surface area contributed by atoms with Crippen LogP contribution in [0.4, 0.5) is 20.6 Å². The lowest BCUT2D eigenvalue weighted by Crippen LogP contribution is -2.51. The highest BCUT2D eigenvalue weighted by molar-refractivity contribution is 6.18. The van der Waals surface area contributed by atoms with Gasteiger partial charge in [-0.1, -0.05) is 71.2 Å². The molecule has 0 aromatic heterocycles. The Labute approximate surface area is 229 Å². The predicted octanol–water partition coefficient (Wildman–Crippen LogP) is 5.67. The van der Waals surface area contributed by atoms with Gasteiger partial charge in [0, 0.05) is 18.3 Å². The second-order valence-corrected chi connectivity index (χ2v) is 10.9. The molecule has 1 aliphatic heterocycles. The van der Waals surface area contributed by atoms with Gasteiger partial charge in [-0.05, 0) is 54.0 Å². The molecule has 1 heterocycles. The van der Waals surface area contributed by atoms with Crippen molar-refractivity contribution in [3.63, 3.8) is 0 Å². The molecule has 9 heteroatoms. The molecular formula is C30H39FN4O4. The van der Waals surface area contributed by atoms with Gasteiger partial charge in [-0.25, -0.2) is 9.18 Å². The number of primary amides is 1. The summed E-state index contributed by atoms with van der Waals surface area (Å²) in [4.78, 5) is 52.2. The second-order valence-electron chi connectivity index (χ2n) is 10.9. The van der Waals surface area contributed by atoms with Crippen LogP contribution in [0.1, 0.15) is 89.7 Å². The Kier molecular flexibility index (Phi) is 9.48. The molecule has 0 atom stereocenters. The summed E-state index contributed by atoms with van der Waals surface area (Å²) in [6.07, 6.45) is 3.57. The fraction of sp³-hybridized carbons (Fsp3) is 0.467. The van der Waals surface area contributed by atoms with Gasteiger partial charge < -0.3 is 11.1 Å². The third kappa shape index (κ3) is 6.46. The van der Waals surface area contributed by atoms with Crippen molar-refractivity contribution >= 4 is 35.1 Å². The first kappa shape index (κ1) is 29.8. The normalized spacial score (nSPS) is 16.5. The highest BCUT2D eigenvalue weighted by atomic mass is 19.1. The number of carbonyl (C=O) groups is 4. The number of nitrogens with one attached hydrogen (secondary N) is 1. The number of nitrogens with zero attached hydrogens (tertiary/aromatic N) is 2. The predicted molar refractivity (Wildman–Crippen MR) is 150 cm³/mol. The van der Waals surface area contributed by atoms with E-state index < -0.39 is 23.3 Å². The minimum absolute atomic E-state index is 0.188. The van der Waals surface area contributed by atoms with E-state index >= 15 is 0 Å². The fourth-order valence-corrected chi connectivity index (χ4v) is 5.44. The zero-order valence-electron chi connectivity index (χ0n) is 23.4. The first-order chi connectivity index (χ1) is 18.4. The summed E-state index contributed by atoms with van der Waals surface area (Å²) in [6, 6.07) is 11.1. The number of amides is 5. The topological polar surface area (TPSA) is 113 Å². The molecule has 1 spiro atoms. The molecule has 0 bridgehead atoms. The van der Waals surface area contributed by atoms with E-state index in [2.05, 4.69) is 38.7 Å². The lowest BCUT2D eigenvalue weighted by Gasteiger charge is -2.38. The van der Waals surface area contributed by atoms with Crippen LogP contribution in [-0.4, -0.2) is 40.7 Å². The number of rotatable bonds is 6. The van der Waals surface area contributed by atoms with Crippen LogP contribution in [0.5, 0.6) is 0 Å². The van der Waals surface area contributed by atoms with Crippen LogP contribution in [0, 0.1) is 5.82 Å². The Morgan fingerprint density at radius 2 is 1.51 bits per heavy atom. The van der Waals surface area contributed by atoms with Crippen molar-refractivity contribution in [2.45, 2.75) is 84.1 Å². The SMILES string of the molecule is CC(C)c1cccc(C(C)C)c1NC(=O)CN1C(=O)N(c2cccc(F)c2)C2(CCCCC2)C1=O.CC(N)=O. The number of benzene rings is 2. The molecule has 39 heavy (non-hydrogen) atoms. The summed E-state index contributed by atoms with van der Waals surface area (Å²) in [5.41, 5.74) is 6.52. The molecule has 210 valence electrons. The number of nitrogens with two attached hydrogens (primary N) is 1. The van der Waals surface area contributed by atoms with Gasteiger partial charge in [0.25, 0.3) is 5.91 Å². The van der Waals surface area contributed by atoms with Crippen molar-refractivity contribution in [3.05, 3.63) is 59.4 Å². The molecule has 0 radical (unpaired) electrons. The zero-order chi connectivity index (χ0) is 28.9. The molecule has 0 unspecified atom stereocenters. The van der Waals surface area contributed by atoms with E-state index in [-0.39, 0.29) is 30.2 Å². The minimum Gasteiger partial charge on any atom is -0.370 e. The molecule has 1 aliphatic carbocycles. The van der Waals surface area contributed by atoms with Gasteiger partial charge in [0.1, 0.15) is 17.9 Å². The second kappa shape index (κ2) is 12.4. The van der Waals surface area contributed by atoms with Crippen molar-refractivity contribution in [1.82, 2.24) is 4.90 Å². The first-order valence-corrected chi connectivity index (χ1v) is 13.5. The standard InChI is InChI=1S/C28H34FN3O3.C2H5NO/c1-18(2)22-12-9-13-23(19(3)4)25(22)30-24(33)17-31-26(34)28(14-6-5-7-15-28)32(27(31)35)21-11-8-10-20(29)16-21;1-2(3)4/h8-13,16,18-19H,5-7,14-15,17H2,1-4H3,(H,30,33);1H3,(H2,3,4). The van der Waals surface area contributed by atoms with E-state index in [1.807, 2.05) is 18.2 Å². The van der Waals surface area contributed by atoms with E-state index in [1.165, 1.54) is 30.0 Å². The largest absolute Gasteiger partial charge is 0.370 e. The lowest BCUT2D eigenvalue weighted by atomic mass is 9.80. The highest BCUT2D eigenvalue weighted by Gasteiger charge is 2.58. The third-order valence-corrected chi connectivity index (χ3v) is 7.18. The van der Waals surface area contributed by atoms with Crippen molar-refractivity contribution in [2.24, 2.45) is 5.73 Å². The lowest BCUT2D eigenvalue weighted by molar-refractivity contribution is -0.134. The van der Waals surface area contributed by atoms with Crippen molar-refractivity contribution in [3.8, 4) is 0 Å². The van der Waals surface area contributed by atoms with Crippen LogP contribution in [0.25, 0.3) is 0 Å². The molecule has 1 saturated heterocycles. The Bertz CT molecular complexity index is 1210. The molecule has 2 aromatic carbocycles. The van der Waals surface area contributed by atoms with Crippen molar-refractivity contribution < 1.29 is 23.6 Å². The maximum Gasteiger partial charge on any atom is 0.332 e. The van der Waals surface area contributed by atoms with Crippen LogP contribution < -0.4 is 16.0 Å². The number of anilines is 2. The Morgan fingerprint density at radius 1 is 0.974 bits per heavy atom. The molecule has 4 rings (SSSR count). The van der Waals surface area contributed by atoms with Crippen LogP contribution in [0.2, 0.25) is 0 Å². The molecule has 5 amide bonds. The van der Waals surface area contributed by atoms with E-state index in [9.17, 15) is 23.6 Å². The average molecular weight is 539 g/mol. The van der Waals surface area contributed by atoms with Gasteiger partial charge in [-0.3, -0.25) is 24.2 Å². The van der Waals surface area contributed by atoms with E-state index in [4.69, 9.17) is 0 Å². The van der Waals surface area contributed by atoms with Crippen LogP contribution in [0.15, 0.2) is 42.5 Å². The average Bonchev–Trinajstić information content (AvgIpc) is 3.04. The number of halogens is 1. The van der Waals surface area contributed by atoms with E-state index in [0.29, 0.717) is 18.5 Å².